The van der Waals surface area contributed by atoms with E-state index in [0.29, 0.717) is 82.6 Å². The van der Waals surface area contributed by atoms with Crippen molar-refractivity contribution in [1.82, 2.24) is 41.1 Å². The van der Waals surface area contributed by atoms with Crippen LogP contribution >= 0.6 is 24.0 Å². The molecular weight excluding hydrogens is 759 g/mol. The Morgan fingerprint density at radius 2 is 1.49 bits per heavy atom. The summed E-state index contributed by atoms with van der Waals surface area (Å²) >= 11 is 7.23. The van der Waals surface area contributed by atoms with Crippen LogP contribution in [0.25, 0.3) is 0 Å². The second-order valence-corrected chi connectivity index (χ2v) is 15.6. The molecule has 308 valence electrons. The fourth-order valence-electron chi connectivity index (χ4n) is 7.07. The van der Waals surface area contributed by atoms with Gasteiger partial charge >= 0.3 is 18.0 Å². The average Bonchev–Trinajstić information content (AvgIpc) is 3.70. The van der Waals surface area contributed by atoms with E-state index < -0.39 is 11.9 Å². The van der Waals surface area contributed by atoms with E-state index >= 15 is 0 Å². The molecule has 3 aliphatic rings. The van der Waals surface area contributed by atoms with Crippen LogP contribution in [0.2, 0.25) is 0 Å². The molecule has 1 aromatic carbocycles. The molecule has 9 N–H and O–H groups in total. The summed E-state index contributed by atoms with van der Waals surface area (Å²) in [7, 11) is 0. The lowest BCUT2D eigenvalue weighted by Crippen LogP contribution is -2.53. The van der Waals surface area contributed by atoms with E-state index in [0.717, 1.165) is 24.2 Å². The highest BCUT2D eigenvalue weighted by atomic mass is 32.2. The Kier molecular flexibility index (Phi) is 19.1. The second kappa shape index (κ2) is 23.6. The molecule has 3 amide bonds. The number of nitrogens with one attached hydrogen (secondary N) is 5. The van der Waals surface area contributed by atoms with Crippen LogP contribution in [0.1, 0.15) is 31.2 Å². The van der Waals surface area contributed by atoms with Crippen LogP contribution in [0, 0.1) is 0 Å². The molecule has 0 bridgehead atoms. The number of hydrogen-bond donors (Lipinski definition) is 9. The molecule has 0 radical (unpaired) electrons. The molecule has 3 heterocycles. The summed E-state index contributed by atoms with van der Waals surface area (Å²) in [5.41, 5.74) is 6.92. The largest absolute Gasteiger partial charge is 0.480 e. The number of hydrogen-bond acceptors (Lipinski definition) is 14. The Hall–Kier alpha value is -3.38. The summed E-state index contributed by atoms with van der Waals surface area (Å²) in [4.78, 5) is 64.4. The van der Waals surface area contributed by atoms with Gasteiger partial charge in [-0.25, -0.2) is 14.6 Å². The predicted molar refractivity (Wildman–Crippen MR) is 209 cm³/mol. The first kappa shape index (κ1) is 44.3. The third-order valence-corrected chi connectivity index (χ3v) is 11.6. The fraction of sp³-hybridized carbons (Fsp3) is 0.676. The van der Waals surface area contributed by atoms with Crippen molar-refractivity contribution < 1.29 is 49.7 Å². The molecule has 55 heavy (non-hydrogen) atoms. The Labute approximate surface area is 330 Å². The molecule has 0 spiro atoms. The molecule has 21 heteroatoms. The van der Waals surface area contributed by atoms with Gasteiger partial charge in [0.1, 0.15) is 0 Å². The monoisotopic (exact) mass is 813 g/mol. The Morgan fingerprint density at radius 1 is 0.855 bits per heavy atom. The van der Waals surface area contributed by atoms with Gasteiger partial charge in [-0.05, 0) is 49.2 Å². The minimum atomic E-state index is -1.01. The zero-order valence-corrected chi connectivity index (χ0v) is 32.5. The molecule has 3 aliphatic heterocycles. The van der Waals surface area contributed by atoms with Crippen molar-refractivity contribution >= 4 is 58.7 Å². The van der Waals surface area contributed by atoms with E-state index in [2.05, 4.69) is 46.4 Å². The number of carbonyl (C=O) groups excluding carboxylic acids is 2. The van der Waals surface area contributed by atoms with E-state index in [1.807, 2.05) is 40.9 Å². The van der Waals surface area contributed by atoms with E-state index in [-0.39, 0.29) is 68.0 Å². The molecule has 0 saturated carbocycles. The summed E-state index contributed by atoms with van der Waals surface area (Å²) in [5.74, 6) is -1.29. The first-order valence-corrected chi connectivity index (χ1v) is 20.0. The lowest BCUT2D eigenvalue weighted by Gasteiger charge is -2.38. The van der Waals surface area contributed by atoms with Gasteiger partial charge in [0.15, 0.2) is 5.11 Å². The van der Waals surface area contributed by atoms with Crippen molar-refractivity contribution in [3.05, 3.63) is 29.8 Å². The highest BCUT2D eigenvalue weighted by molar-refractivity contribution is 8.00. The van der Waals surface area contributed by atoms with Crippen LogP contribution in [-0.4, -0.2) is 184 Å². The minimum Gasteiger partial charge on any atom is -0.480 e. The van der Waals surface area contributed by atoms with Gasteiger partial charge in [0.05, 0.1) is 38.4 Å². The Bertz CT molecular complexity index is 1400. The molecule has 1 aromatic rings. The number of thiocarbonyl (C=S) groups is 1. The maximum absolute atomic E-state index is 12.4. The van der Waals surface area contributed by atoms with E-state index in [9.17, 15) is 29.4 Å². The molecule has 3 saturated heterocycles. The van der Waals surface area contributed by atoms with E-state index in [4.69, 9.17) is 22.7 Å². The SMILES string of the molecule is O=C(O)CN1CCN(CCOO)CCN(CCOO)CCN(CC(=O)O)C(Cc2ccc(NC(=S)NNC(=O)CCCCC3SCC4NC(=O)NC43)cc2)C1. The van der Waals surface area contributed by atoms with Crippen molar-refractivity contribution in [2.45, 2.75) is 55.5 Å². The van der Waals surface area contributed by atoms with Crippen LogP contribution < -0.4 is 26.8 Å². The number of aliphatic carboxylic acids is 2. The first-order chi connectivity index (χ1) is 26.5. The zero-order chi connectivity index (χ0) is 39.6. The number of hydrazine groups is 1. The highest BCUT2D eigenvalue weighted by Crippen LogP contribution is 2.33. The van der Waals surface area contributed by atoms with Gasteiger partial charge in [-0.3, -0.25) is 55.3 Å². The number of unbranched alkanes of at least 4 members (excludes halogenated alkanes) is 1. The van der Waals surface area contributed by atoms with Gasteiger partial charge in [0.25, 0.3) is 0 Å². The number of nitrogens with zero attached hydrogens (tertiary/aromatic N) is 4. The third kappa shape index (κ3) is 15.9. The number of fused-ring (bicyclic) bond motifs is 1. The van der Waals surface area contributed by atoms with Crippen LogP contribution in [-0.2, 0) is 30.6 Å². The molecule has 0 aromatic heterocycles. The number of benzene rings is 1. The molecule has 4 rings (SSSR count). The van der Waals surface area contributed by atoms with E-state index in [1.165, 1.54) is 0 Å². The third-order valence-electron chi connectivity index (χ3n) is 9.93. The number of carbonyl (C=O) groups is 4. The van der Waals surface area contributed by atoms with Crippen LogP contribution in [0.5, 0.6) is 0 Å². The molecular formula is C34H55N9O10S2. The lowest BCUT2D eigenvalue weighted by molar-refractivity contribution is -0.245. The number of amides is 3. The Morgan fingerprint density at radius 3 is 2.13 bits per heavy atom. The van der Waals surface area contributed by atoms with Crippen molar-refractivity contribution in [1.29, 1.82) is 0 Å². The van der Waals surface area contributed by atoms with Crippen LogP contribution in [0.4, 0.5) is 10.5 Å². The van der Waals surface area contributed by atoms with Gasteiger partial charge in [-0.15, -0.1) is 0 Å². The van der Waals surface area contributed by atoms with E-state index in [1.54, 1.807) is 4.90 Å². The topological polar surface area (TPSA) is 241 Å². The van der Waals surface area contributed by atoms with Gasteiger partial charge in [0.2, 0.25) is 5.91 Å². The number of carboxylic acid groups (broad SMARTS) is 2. The first-order valence-electron chi connectivity index (χ1n) is 18.5. The number of anilines is 1. The van der Waals surface area contributed by atoms with Crippen LogP contribution in [0.3, 0.4) is 0 Å². The zero-order valence-electron chi connectivity index (χ0n) is 30.9. The summed E-state index contributed by atoms with van der Waals surface area (Å²) < 4.78 is 0. The van der Waals surface area contributed by atoms with Crippen molar-refractivity contribution in [2.75, 3.05) is 96.3 Å². The number of rotatable bonds is 18. The smallest absolute Gasteiger partial charge is 0.317 e. The predicted octanol–water partition coefficient (Wildman–Crippen LogP) is 0.0111. The van der Waals surface area contributed by atoms with Crippen molar-refractivity contribution in [3.63, 3.8) is 0 Å². The average molecular weight is 814 g/mol. The van der Waals surface area contributed by atoms with Gasteiger partial charge in [-0.2, -0.15) is 11.8 Å². The fourth-order valence-corrected chi connectivity index (χ4v) is 8.78. The minimum absolute atomic E-state index is 0.0721. The molecule has 4 atom stereocenters. The van der Waals surface area contributed by atoms with Gasteiger partial charge < -0.3 is 26.2 Å². The Balaban J connectivity index is 1.32. The summed E-state index contributed by atoms with van der Waals surface area (Å²) in [6.45, 7) is 3.64. The normalized spacial score (nSPS) is 23.1. The maximum atomic E-state index is 12.4. The standard InChI is InChI=1S/C34H55N9O10S2/c44-29(4-2-1-3-28-32-27(23-55-28)36-33(49)37-32)38-39-34(54)35-25-7-5-24(6-8-25)19-26-20-42(21-30(45)46)12-11-40(15-17-52-50)9-10-41(16-18-53-51)13-14-43(26)22-31(47)48/h5-8,26-28,32,50-51H,1-4,9-23H2,(H,38,44)(H,45,46)(H,47,48)(H2,35,39,54)(H2,36,37,49). The number of thioether (sulfide) groups is 1. The second-order valence-electron chi connectivity index (χ2n) is 13.9. The number of carboxylic acids is 2. The molecule has 4 unspecified atom stereocenters. The van der Waals surface area contributed by atoms with Gasteiger partial charge in [0, 0.05) is 88.1 Å². The quantitative estimate of drug-likeness (QED) is 0.0312. The van der Waals surface area contributed by atoms with Crippen LogP contribution in [0.15, 0.2) is 24.3 Å². The molecule has 0 aliphatic carbocycles. The lowest BCUT2D eigenvalue weighted by atomic mass is 10.0. The molecule has 3 fully saturated rings. The number of urea groups is 1. The van der Waals surface area contributed by atoms with Crippen molar-refractivity contribution in [3.8, 4) is 0 Å². The summed E-state index contributed by atoms with van der Waals surface area (Å²) in [5, 5.41) is 47.1. The molecule has 19 nitrogen and oxygen atoms in total. The maximum Gasteiger partial charge on any atom is 0.317 e. The van der Waals surface area contributed by atoms with Gasteiger partial charge in [-0.1, -0.05) is 18.6 Å². The summed E-state index contributed by atoms with van der Waals surface area (Å²) in [6, 6.07) is 7.27. The summed E-state index contributed by atoms with van der Waals surface area (Å²) in [6.07, 6.45) is 3.25. The highest BCUT2D eigenvalue weighted by Gasteiger charge is 2.42. The van der Waals surface area contributed by atoms with Crippen molar-refractivity contribution in [2.24, 2.45) is 0 Å².